The molecule has 1 aromatic carbocycles. The standard InChI is InChI=1S/C11H9NO2S/c13-10-8-4-3-7(2-1-5-15)6-9(8)11(14)12-10/h1-4,6,15H,5H2,(H,12,13,14). The van der Waals surface area contributed by atoms with Crippen LogP contribution in [0.15, 0.2) is 24.3 Å². The van der Waals surface area contributed by atoms with E-state index in [4.69, 9.17) is 0 Å². The third-order valence-corrected chi connectivity index (χ3v) is 2.39. The zero-order valence-corrected chi connectivity index (χ0v) is 8.75. The summed E-state index contributed by atoms with van der Waals surface area (Å²) >= 11 is 4.04. The van der Waals surface area contributed by atoms with E-state index in [1.54, 1.807) is 18.2 Å². The molecule has 0 bridgehead atoms. The van der Waals surface area contributed by atoms with Crippen molar-refractivity contribution in [2.24, 2.45) is 0 Å². The second-order valence-corrected chi connectivity index (χ2v) is 3.54. The van der Waals surface area contributed by atoms with Gasteiger partial charge in [-0.05, 0) is 17.7 Å². The van der Waals surface area contributed by atoms with E-state index in [-0.39, 0.29) is 11.8 Å². The van der Waals surface area contributed by atoms with Crippen LogP contribution in [-0.2, 0) is 0 Å². The Bertz CT molecular complexity index is 466. The maximum Gasteiger partial charge on any atom is 0.258 e. The molecule has 0 aromatic heterocycles. The van der Waals surface area contributed by atoms with Gasteiger partial charge in [-0.3, -0.25) is 14.9 Å². The molecule has 1 heterocycles. The van der Waals surface area contributed by atoms with E-state index in [2.05, 4.69) is 17.9 Å². The largest absolute Gasteiger partial charge is 0.288 e. The predicted octanol–water partition coefficient (Wildman–Crippen LogP) is 1.51. The lowest BCUT2D eigenvalue weighted by molar-refractivity contribution is 0.0879. The molecular weight excluding hydrogens is 210 g/mol. The fourth-order valence-corrected chi connectivity index (χ4v) is 1.58. The summed E-state index contributed by atoms with van der Waals surface area (Å²) in [5, 5.41) is 2.25. The summed E-state index contributed by atoms with van der Waals surface area (Å²) in [6.07, 6.45) is 3.74. The molecule has 0 radical (unpaired) electrons. The van der Waals surface area contributed by atoms with E-state index in [1.165, 1.54) is 0 Å². The monoisotopic (exact) mass is 219 g/mol. The summed E-state index contributed by atoms with van der Waals surface area (Å²) < 4.78 is 0. The number of carbonyl (C=O) groups is 2. The van der Waals surface area contributed by atoms with Gasteiger partial charge in [0.1, 0.15) is 0 Å². The Morgan fingerprint density at radius 1 is 1.20 bits per heavy atom. The number of nitrogens with one attached hydrogen (secondary N) is 1. The quantitative estimate of drug-likeness (QED) is 0.585. The summed E-state index contributed by atoms with van der Waals surface area (Å²) in [6, 6.07) is 5.17. The molecule has 15 heavy (non-hydrogen) atoms. The molecule has 0 fully saturated rings. The molecule has 1 aliphatic heterocycles. The highest BCUT2D eigenvalue weighted by molar-refractivity contribution is 7.80. The molecule has 1 N–H and O–H groups in total. The van der Waals surface area contributed by atoms with E-state index in [9.17, 15) is 9.59 Å². The third kappa shape index (κ3) is 1.80. The van der Waals surface area contributed by atoms with E-state index in [1.807, 2.05) is 12.2 Å². The van der Waals surface area contributed by atoms with Crippen molar-refractivity contribution in [2.75, 3.05) is 5.75 Å². The van der Waals surface area contributed by atoms with Crippen molar-refractivity contribution in [3.8, 4) is 0 Å². The Morgan fingerprint density at radius 2 is 1.93 bits per heavy atom. The van der Waals surface area contributed by atoms with Crippen LogP contribution in [-0.4, -0.2) is 17.6 Å². The van der Waals surface area contributed by atoms with Crippen molar-refractivity contribution < 1.29 is 9.59 Å². The van der Waals surface area contributed by atoms with E-state index in [0.29, 0.717) is 16.9 Å². The number of hydrogen-bond acceptors (Lipinski definition) is 3. The number of amides is 2. The van der Waals surface area contributed by atoms with Crippen molar-refractivity contribution in [1.82, 2.24) is 5.32 Å². The summed E-state index contributed by atoms with van der Waals surface area (Å²) in [5.74, 6) is -0.00165. The number of hydrogen-bond donors (Lipinski definition) is 2. The third-order valence-electron chi connectivity index (χ3n) is 2.18. The first-order chi connectivity index (χ1) is 7.22. The van der Waals surface area contributed by atoms with Crippen LogP contribution in [0, 0.1) is 0 Å². The Balaban J connectivity index is 2.43. The van der Waals surface area contributed by atoms with Gasteiger partial charge in [-0.2, -0.15) is 12.6 Å². The number of rotatable bonds is 2. The maximum atomic E-state index is 11.3. The van der Waals surface area contributed by atoms with Gasteiger partial charge in [-0.15, -0.1) is 0 Å². The molecular formula is C11H9NO2S. The van der Waals surface area contributed by atoms with Gasteiger partial charge in [-0.25, -0.2) is 0 Å². The SMILES string of the molecule is O=C1NC(=O)c2cc(C=CCS)ccc21. The summed E-state index contributed by atoms with van der Waals surface area (Å²) in [7, 11) is 0. The van der Waals surface area contributed by atoms with Crippen molar-refractivity contribution in [1.29, 1.82) is 0 Å². The predicted molar refractivity (Wildman–Crippen MR) is 61.1 cm³/mol. The number of carbonyl (C=O) groups excluding carboxylic acids is 2. The highest BCUT2D eigenvalue weighted by Gasteiger charge is 2.26. The first-order valence-corrected chi connectivity index (χ1v) is 5.13. The highest BCUT2D eigenvalue weighted by atomic mass is 32.1. The smallest absolute Gasteiger partial charge is 0.258 e. The van der Waals surface area contributed by atoms with Gasteiger partial charge in [0.05, 0.1) is 11.1 Å². The lowest BCUT2D eigenvalue weighted by Crippen LogP contribution is -2.19. The van der Waals surface area contributed by atoms with Crippen molar-refractivity contribution in [3.05, 3.63) is 41.0 Å². The molecule has 4 heteroatoms. The van der Waals surface area contributed by atoms with Crippen LogP contribution in [0.1, 0.15) is 26.3 Å². The second kappa shape index (κ2) is 3.90. The lowest BCUT2D eigenvalue weighted by atomic mass is 10.1. The first-order valence-electron chi connectivity index (χ1n) is 4.49. The maximum absolute atomic E-state index is 11.3. The Hall–Kier alpha value is -1.55. The number of imide groups is 1. The number of fused-ring (bicyclic) bond motifs is 1. The Labute approximate surface area is 92.6 Å². The van der Waals surface area contributed by atoms with Crippen LogP contribution in [0.2, 0.25) is 0 Å². The molecule has 0 spiro atoms. The van der Waals surface area contributed by atoms with Gasteiger partial charge in [0, 0.05) is 5.75 Å². The van der Waals surface area contributed by atoms with E-state index in [0.717, 1.165) is 5.56 Å². The minimum absolute atomic E-state index is 0.320. The molecule has 0 saturated heterocycles. The molecule has 0 atom stereocenters. The number of thiol groups is 1. The molecule has 2 rings (SSSR count). The minimum Gasteiger partial charge on any atom is -0.288 e. The van der Waals surface area contributed by atoms with Crippen LogP contribution < -0.4 is 5.32 Å². The second-order valence-electron chi connectivity index (χ2n) is 3.17. The lowest BCUT2D eigenvalue weighted by Gasteiger charge is -1.96. The van der Waals surface area contributed by atoms with Crippen LogP contribution in [0.25, 0.3) is 6.08 Å². The summed E-state index contributed by atoms with van der Waals surface area (Å²) in [5.41, 5.74) is 1.79. The van der Waals surface area contributed by atoms with Gasteiger partial charge in [0.2, 0.25) is 0 Å². The highest BCUT2D eigenvalue weighted by Crippen LogP contribution is 2.18. The zero-order valence-electron chi connectivity index (χ0n) is 7.86. The summed E-state index contributed by atoms with van der Waals surface area (Å²) in [4.78, 5) is 22.6. The molecule has 76 valence electrons. The minimum atomic E-state index is -0.323. The van der Waals surface area contributed by atoms with E-state index >= 15 is 0 Å². The van der Waals surface area contributed by atoms with Gasteiger partial charge in [-0.1, -0.05) is 18.2 Å². The van der Waals surface area contributed by atoms with Gasteiger partial charge >= 0.3 is 0 Å². The van der Waals surface area contributed by atoms with E-state index < -0.39 is 0 Å². The van der Waals surface area contributed by atoms with Gasteiger partial charge < -0.3 is 0 Å². The van der Waals surface area contributed by atoms with Crippen LogP contribution in [0.3, 0.4) is 0 Å². The van der Waals surface area contributed by atoms with Crippen LogP contribution in [0.5, 0.6) is 0 Å². The molecule has 2 amide bonds. The summed E-state index contributed by atoms with van der Waals surface area (Å²) in [6.45, 7) is 0. The van der Waals surface area contributed by atoms with Crippen molar-refractivity contribution >= 4 is 30.5 Å². The van der Waals surface area contributed by atoms with Gasteiger partial charge in [0.25, 0.3) is 11.8 Å². The molecule has 0 aliphatic carbocycles. The molecule has 0 saturated carbocycles. The average molecular weight is 219 g/mol. The molecule has 1 aromatic rings. The van der Waals surface area contributed by atoms with Crippen LogP contribution >= 0.6 is 12.6 Å². The molecule has 3 nitrogen and oxygen atoms in total. The first kappa shape index (κ1) is 9.98. The fraction of sp³-hybridized carbons (Fsp3) is 0.0909. The van der Waals surface area contributed by atoms with Crippen molar-refractivity contribution in [3.63, 3.8) is 0 Å². The van der Waals surface area contributed by atoms with Crippen molar-refractivity contribution in [2.45, 2.75) is 0 Å². The number of benzene rings is 1. The Kier molecular flexibility index (Phi) is 2.60. The van der Waals surface area contributed by atoms with Gasteiger partial charge in [0.15, 0.2) is 0 Å². The zero-order chi connectivity index (χ0) is 10.8. The normalized spacial score (nSPS) is 14.5. The fourth-order valence-electron chi connectivity index (χ4n) is 1.48. The molecule has 0 unspecified atom stereocenters. The average Bonchev–Trinajstić information content (AvgIpc) is 2.52. The molecule has 1 aliphatic rings. The Morgan fingerprint density at radius 3 is 2.67 bits per heavy atom. The van der Waals surface area contributed by atoms with Crippen LogP contribution in [0.4, 0.5) is 0 Å². The topological polar surface area (TPSA) is 46.2 Å².